The fourth-order valence-electron chi connectivity index (χ4n) is 2.06. The van der Waals surface area contributed by atoms with Gasteiger partial charge in [-0.05, 0) is 37.6 Å². The van der Waals surface area contributed by atoms with Crippen LogP contribution in [0.1, 0.15) is 11.3 Å². The first-order valence-corrected chi connectivity index (χ1v) is 7.99. The summed E-state index contributed by atoms with van der Waals surface area (Å²) in [6, 6.07) is 3.37. The van der Waals surface area contributed by atoms with Crippen LogP contribution in [0.2, 0.25) is 0 Å². The molecule has 0 aliphatic carbocycles. The van der Waals surface area contributed by atoms with Crippen LogP contribution in [0.15, 0.2) is 34.2 Å². The summed E-state index contributed by atoms with van der Waals surface area (Å²) in [6.45, 7) is 2.94. The topological polar surface area (TPSA) is 109 Å². The zero-order valence-corrected chi connectivity index (χ0v) is 13.0. The fraction of sp³-hybridized carbons (Fsp3) is 0.154. The highest BCUT2D eigenvalue weighted by Crippen LogP contribution is 2.18. The van der Waals surface area contributed by atoms with E-state index in [0.29, 0.717) is 0 Å². The number of aryl methyl sites for hydroxylation is 2. The van der Waals surface area contributed by atoms with E-state index in [1.165, 1.54) is 26.2 Å². The van der Waals surface area contributed by atoms with E-state index >= 15 is 0 Å². The molecule has 0 saturated carbocycles. The number of nitrogens with one attached hydrogen (secondary N) is 2. The lowest BCUT2D eigenvalue weighted by atomic mass is 10.2. The van der Waals surface area contributed by atoms with Crippen molar-refractivity contribution in [3.8, 4) is 0 Å². The monoisotopic (exact) mass is 337 g/mol. The summed E-state index contributed by atoms with van der Waals surface area (Å²) in [4.78, 5) is 20.0. The molecule has 0 bridgehead atoms. The first-order chi connectivity index (χ1) is 10.8. The maximum Gasteiger partial charge on any atom is 0.298 e. The van der Waals surface area contributed by atoms with Crippen molar-refractivity contribution in [2.24, 2.45) is 0 Å². The van der Waals surface area contributed by atoms with Crippen LogP contribution in [-0.4, -0.2) is 28.0 Å². The third-order valence-corrected chi connectivity index (χ3v) is 4.64. The van der Waals surface area contributed by atoms with E-state index in [2.05, 4.69) is 19.8 Å². The van der Waals surface area contributed by atoms with Gasteiger partial charge >= 0.3 is 0 Å². The van der Waals surface area contributed by atoms with Gasteiger partial charge in [-0.2, -0.15) is 4.52 Å². The van der Waals surface area contributed by atoms with E-state index in [1.807, 2.05) is 0 Å². The predicted molar refractivity (Wildman–Crippen MR) is 80.3 cm³/mol. The van der Waals surface area contributed by atoms with Crippen molar-refractivity contribution in [3.63, 3.8) is 0 Å². The Morgan fingerprint density at radius 2 is 2.04 bits per heavy atom. The summed E-state index contributed by atoms with van der Waals surface area (Å²) in [6.07, 6.45) is 1.27. The van der Waals surface area contributed by atoms with Crippen LogP contribution in [0.3, 0.4) is 0 Å². The van der Waals surface area contributed by atoms with Crippen LogP contribution in [0.25, 0.3) is 5.78 Å². The Morgan fingerprint density at radius 1 is 1.30 bits per heavy atom. The van der Waals surface area contributed by atoms with Gasteiger partial charge in [0.2, 0.25) is 0 Å². The maximum absolute atomic E-state index is 13.3. The second-order valence-corrected chi connectivity index (χ2v) is 6.60. The number of nitrogens with zero attached hydrogens (tertiary/aromatic N) is 3. The molecule has 0 saturated heterocycles. The van der Waals surface area contributed by atoms with E-state index in [4.69, 9.17) is 0 Å². The van der Waals surface area contributed by atoms with Gasteiger partial charge in [0.25, 0.3) is 21.4 Å². The number of hydrogen-bond acceptors (Lipinski definition) is 5. The van der Waals surface area contributed by atoms with E-state index in [9.17, 15) is 17.6 Å². The number of anilines is 1. The largest absolute Gasteiger partial charge is 0.298 e. The summed E-state index contributed by atoms with van der Waals surface area (Å²) in [5.41, 5.74) is -0.464. The summed E-state index contributed by atoms with van der Waals surface area (Å²) >= 11 is 0. The van der Waals surface area contributed by atoms with Crippen LogP contribution < -0.4 is 10.3 Å². The second kappa shape index (κ2) is 5.16. The minimum atomic E-state index is -4.05. The number of fused-ring (bicyclic) bond motifs is 1. The van der Waals surface area contributed by atoms with Gasteiger partial charge in [-0.1, -0.05) is 0 Å². The molecule has 8 nitrogen and oxygen atoms in total. The summed E-state index contributed by atoms with van der Waals surface area (Å²) in [5.74, 6) is -0.381. The molecule has 0 atom stereocenters. The Labute approximate surface area is 130 Å². The van der Waals surface area contributed by atoms with Gasteiger partial charge in [0.1, 0.15) is 17.8 Å². The zero-order chi connectivity index (χ0) is 16.8. The van der Waals surface area contributed by atoms with Crippen molar-refractivity contribution in [2.45, 2.75) is 18.7 Å². The zero-order valence-electron chi connectivity index (χ0n) is 12.2. The smallest absolute Gasteiger partial charge is 0.278 e. The van der Waals surface area contributed by atoms with Crippen molar-refractivity contribution in [1.82, 2.24) is 19.6 Å². The number of benzene rings is 1. The molecule has 0 radical (unpaired) electrons. The van der Waals surface area contributed by atoms with Gasteiger partial charge in [-0.25, -0.2) is 22.8 Å². The van der Waals surface area contributed by atoms with E-state index < -0.39 is 21.4 Å². The lowest BCUT2D eigenvalue weighted by Gasteiger charge is -2.10. The Hall–Kier alpha value is -2.75. The van der Waals surface area contributed by atoms with Crippen molar-refractivity contribution < 1.29 is 12.8 Å². The molecular formula is C13H12FN5O3S. The molecule has 2 heterocycles. The number of halogens is 1. The van der Waals surface area contributed by atoms with E-state index in [0.717, 1.165) is 16.6 Å². The molecule has 0 aliphatic rings. The third-order valence-electron chi connectivity index (χ3n) is 3.29. The number of aromatic amines is 1. The van der Waals surface area contributed by atoms with Gasteiger partial charge < -0.3 is 0 Å². The average molecular weight is 337 g/mol. The fourth-order valence-corrected chi connectivity index (χ4v) is 3.26. The minimum absolute atomic E-state index is 0.132. The normalized spacial score (nSPS) is 11.8. The Kier molecular flexibility index (Phi) is 3.40. The van der Waals surface area contributed by atoms with Crippen LogP contribution >= 0.6 is 0 Å². The first kappa shape index (κ1) is 15.2. The molecule has 3 aromatic rings. The Balaban J connectivity index is 2.10. The highest BCUT2D eigenvalue weighted by Gasteiger charge is 2.20. The SMILES string of the molecule is Cc1cc(S(=O)(=O)Nc2c(C)nc3nc[nH]n3c2=O)ccc1F. The van der Waals surface area contributed by atoms with Crippen LogP contribution in [0, 0.1) is 19.7 Å². The quantitative estimate of drug-likeness (QED) is 0.740. The molecule has 2 aromatic heterocycles. The van der Waals surface area contributed by atoms with Gasteiger partial charge in [0, 0.05) is 0 Å². The molecule has 10 heteroatoms. The van der Waals surface area contributed by atoms with Gasteiger partial charge in [0.15, 0.2) is 0 Å². The number of rotatable bonds is 3. The van der Waals surface area contributed by atoms with Gasteiger partial charge in [-0.3, -0.25) is 14.6 Å². The highest BCUT2D eigenvalue weighted by atomic mass is 32.2. The molecule has 0 amide bonds. The number of H-pyrrole nitrogens is 1. The molecule has 0 aliphatic heterocycles. The first-order valence-electron chi connectivity index (χ1n) is 6.51. The molecule has 23 heavy (non-hydrogen) atoms. The molecule has 0 unspecified atom stereocenters. The average Bonchev–Trinajstić information content (AvgIpc) is 2.94. The van der Waals surface area contributed by atoms with Crippen molar-refractivity contribution in [3.05, 3.63) is 52.0 Å². The molecule has 3 rings (SSSR count). The lowest BCUT2D eigenvalue weighted by Crippen LogP contribution is -2.25. The summed E-state index contributed by atoms with van der Waals surface area (Å²) in [7, 11) is -4.05. The van der Waals surface area contributed by atoms with Crippen LogP contribution in [0.5, 0.6) is 0 Å². The Bertz CT molecular complexity index is 1070. The predicted octanol–water partition coefficient (Wildman–Crippen LogP) is 0.974. The second-order valence-electron chi connectivity index (χ2n) is 4.92. The number of hydrogen-bond donors (Lipinski definition) is 2. The lowest BCUT2D eigenvalue weighted by molar-refractivity contribution is 0.598. The molecule has 0 spiro atoms. The molecular weight excluding hydrogens is 325 g/mol. The third kappa shape index (κ3) is 2.57. The molecule has 1 aromatic carbocycles. The highest BCUT2D eigenvalue weighted by molar-refractivity contribution is 7.92. The van der Waals surface area contributed by atoms with Gasteiger partial charge in [0.05, 0.1) is 10.6 Å². The number of aromatic nitrogens is 4. The van der Waals surface area contributed by atoms with Crippen LogP contribution in [-0.2, 0) is 10.0 Å². The summed E-state index contributed by atoms with van der Waals surface area (Å²) in [5, 5.41) is 2.54. The molecule has 2 N–H and O–H groups in total. The van der Waals surface area contributed by atoms with Crippen molar-refractivity contribution >= 4 is 21.5 Å². The molecule has 0 fully saturated rings. The van der Waals surface area contributed by atoms with E-state index in [-0.39, 0.29) is 27.6 Å². The van der Waals surface area contributed by atoms with E-state index in [1.54, 1.807) is 0 Å². The maximum atomic E-state index is 13.3. The summed E-state index contributed by atoms with van der Waals surface area (Å²) < 4.78 is 41.3. The van der Waals surface area contributed by atoms with Crippen molar-refractivity contribution in [2.75, 3.05) is 4.72 Å². The number of sulfonamides is 1. The van der Waals surface area contributed by atoms with Gasteiger partial charge in [-0.15, -0.1) is 0 Å². The Morgan fingerprint density at radius 3 is 2.74 bits per heavy atom. The van der Waals surface area contributed by atoms with Crippen LogP contribution in [0.4, 0.5) is 10.1 Å². The minimum Gasteiger partial charge on any atom is -0.278 e. The molecule has 120 valence electrons. The van der Waals surface area contributed by atoms with Crippen molar-refractivity contribution in [1.29, 1.82) is 0 Å². The standard InChI is InChI=1S/C13H12FN5O3S/c1-7-5-9(3-4-10(7)14)23(21,22)18-11-8(2)17-13-15-6-16-19(13)12(11)20/h3-6,18H,1-2H3,(H,15,16,17).